The Morgan fingerprint density at radius 3 is 2.12 bits per heavy atom. The molecule has 17 heavy (non-hydrogen) atoms. The first kappa shape index (κ1) is 13.4. The summed E-state index contributed by atoms with van der Waals surface area (Å²) in [7, 11) is 0. The van der Waals surface area contributed by atoms with Crippen LogP contribution < -0.4 is 5.73 Å². The first-order valence-electron chi connectivity index (χ1n) is 7.66. The van der Waals surface area contributed by atoms with Gasteiger partial charge in [0.05, 0.1) is 0 Å². The summed E-state index contributed by atoms with van der Waals surface area (Å²) in [5.41, 5.74) is 5.69. The molecule has 0 heterocycles. The summed E-state index contributed by atoms with van der Waals surface area (Å²) in [5.74, 6) is 1.84. The van der Waals surface area contributed by atoms with E-state index in [9.17, 15) is 0 Å². The van der Waals surface area contributed by atoms with Gasteiger partial charge in [-0.1, -0.05) is 20.3 Å². The Kier molecular flexibility index (Phi) is 4.87. The Morgan fingerprint density at radius 2 is 1.65 bits per heavy atom. The molecule has 2 aliphatic rings. The maximum absolute atomic E-state index is 5.69. The quantitative estimate of drug-likeness (QED) is 0.798. The molecule has 2 aliphatic carbocycles. The topological polar surface area (TPSA) is 29.3 Å². The van der Waals surface area contributed by atoms with E-state index in [-0.39, 0.29) is 0 Å². The minimum atomic E-state index is 0.848. The van der Waals surface area contributed by atoms with E-state index in [0.29, 0.717) is 0 Å². The summed E-state index contributed by atoms with van der Waals surface area (Å²) in [6, 6.07) is 1.75. The monoisotopic (exact) mass is 238 g/mol. The van der Waals surface area contributed by atoms with Gasteiger partial charge < -0.3 is 5.73 Å². The van der Waals surface area contributed by atoms with Crippen molar-refractivity contribution in [3.05, 3.63) is 0 Å². The standard InChI is InChI=1S/C15H30N2/c1-12-9-13(2)11-15(10-12)17(8-4-7-16)14-5-3-6-14/h12-15H,3-11,16H2,1-2H3. The lowest BCUT2D eigenvalue weighted by Crippen LogP contribution is -2.49. The van der Waals surface area contributed by atoms with Gasteiger partial charge in [-0.15, -0.1) is 0 Å². The highest BCUT2D eigenvalue weighted by Crippen LogP contribution is 2.36. The third-order valence-corrected chi connectivity index (χ3v) is 4.79. The molecule has 0 aromatic carbocycles. The fourth-order valence-electron chi connectivity index (χ4n) is 3.83. The van der Waals surface area contributed by atoms with Crippen LogP contribution >= 0.6 is 0 Å². The van der Waals surface area contributed by atoms with Crippen LogP contribution in [-0.4, -0.2) is 30.1 Å². The van der Waals surface area contributed by atoms with Gasteiger partial charge in [0.2, 0.25) is 0 Å². The Labute approximate surface area is 107 Å². The third-order valence-electron chi connectivity index (χ3n) is 4.79. The fourth-order valence-corrected chi connectivity index (χ4v) is 3.83. The molecular weight excluding hydrogens is 208 g/mol. The average Bonchev–Trinajstić information content (AvgIpc) is 2.19. The molecule has 2 rings (SSSR count). The molecule has 2 saturated carbocycles. The van der Waals surface area contributed by atoms with Crippen LogP contribution in [0.25, 0.3) is 0 Å². The van der Waals surface area contributed by atoms with Crippen LogP contribution in [0.1, 0.15) is 58.8 Å². The van der Waals surface area contributed by atoms with Gasteiger partial charge in [-0.2, -0.15) is 0 Å². The number of hydrogen-bond donors (Lipinski definition) is 1. The predicted octanol–water partition coefficient (Wildman–Crippen LogP) is 3.01. The molecule has 2 heteroatoms. The van der Waals surface area contributed by atoms with E-state index < -0.39 is 0 Å². The second-order valence-corrected chi connectivity index (χ2v) is 6.54. The van der Waals surface area contributed by atoms with Gasteiger partial charge >= 0.3 is 0 Å². The van der Waals surface area contributed by atoms with Crippen LogP contribution in [0, 0.1) is 11.8 Å². The lowest BCUT2D eigenvalue weighted by atomic mass is 9.78. The zero-order chi connectivity index (χ0) is 12.3. The van der Waals surface area contributed by atoms with Gasteiger partial charge in [0, 0.05) is 12.1 Å². The van der Waals surface area contributed by atoms with E-state index in [1.807, 2.05) is 0 Å². The van der Waals surface area contributed by atoms with Gasteiger partial charge in [0.15, 0.2) is 0 Å². The van der Waals surface area contributed by atoms with E-state index in [4.69, 9.17) is 5.73 Å². The van der Waals surface area contributed by atoms with Crippen molar-refractivity contribution >= 4 is 0 Å². The smallest absolute Gasteiger partial charge is 0.0103 e. The number of hydrogen-bond acceptors (Lipinski definition) is 2. The molecule has 0 aromatic heterocycles. The highest BCUT2D eigenvalue weighted by atomic mass is 15.2. The maximum atomic E-state index is 5.69. The molecule has 2 nitrogen and oxygen atoms in total. The lowest BCUT2D eigenvalue weighted by Gasteiger charge is -2.46. The molecule has 100 valence electrons. The van der Waals surface area contributed by atoms with Gasteiger partial charge in [-0.05, 0) is 63.5 Å². The molecule has 2 atom stereocenters. The van der Waals surface area contributed by atoms with E-state index in [1.165, 1.54) is 51.5 Å². The third kappa shape index (κ3) is 3.45. The van der Waals surface area contributed by atoms with Crippen LogP contribution in [0.2, 0.25) is 0 Å². The molecule has 0 bridgehead atoms. The zero-order valence-corrected chi connectivity index (χ0v) is 11.7. The van der Waals surface area contributed by atoms with Crippen molar-refractivity contribution < 1.29 is 0 Å². The molecule has 0 spiro atoms. The van der Waals surface area contributed by atoms with Crippen LogP contribution in [0.3, 0.4) is 0 Å². The van der Waals surface area contributed by atoms with E-state index >= 15 is 0 Å². The Hall–Kier alpha value is -0.0800. The van der Waals surface area contributed by atoms with Crippen molar-refractivity contribution in [2.75, 3.05) is 13.1 Å². The van der Waals surface area contributed by atoms with Crippen molar-refractivity contribution in [3.63, 3.8) is 0 Å². The first-order chi connectivity index (χ1) is 8.20. The van der Waals surface area contributed by atoms with Crippen LogP contribution in [0.5, 0.6) is 0 Å². The van der Waals surface area contributed by atoms with Gasteiger partial charge in [-0.25, -0.2) is 0 Å². The van der Waals surface area contributed by atoms with E-state index in [1.54, 1.807) is 0 Å². The summed E-state index contributed by atoms with van der Waals surface area (Å²) >= 11 is 0. The molecule has 0 aliphatic heterocycles. The van der Waals surface area contributed by atoms with Crippen molar-refractivity contribution in [2.45, 2.75) is 70.9 Å². The van der Waals surface area contributed by atoms with E-state index in [2.05, 4.69) is 18.7 Å². The molecule has 2 fully saturated rings. The van der Waals surface area contributed by atoms with Gasteiger partial charge in [0.25, 0.3) is 0 Å². The first-order valence-corrected chi connectivity index (χ1v) is 7.66. The summed E-state index contributed by atoms with van der Waals surface area (Å²) in [6.07, 6.45) is 9.77. The number of nitrogens with zero attached hydrogens (tertiary/aromatic N) is 1. The Morgan fingerprint density at radius 1 is 1.00 bits per heavy atom. The largest absolute Gasteiger partial charge is 0.330 e. The normalized spacial score (nSPS) is 34.9. The Balaban J connectivity index is 1.93. The van der Waals surface area contributed by atoms with Crippen molar-refractivity contribution in [1.82, 2.24) is 4.90 Å². The summed E-state index contributed by atoms with van der Waals surface area (Å²) in [6.45, 7) is 6.96. The minimum Gasteiger partial charge on any atom is -0.330 e. The molecule has 0 aromatic rings. The second-order valence-electron chi connectivity index (χ2n) is 6.54. The molecule has 0 saturated heterocycles. The zero-order valence-electron chi connectivity index (χ0n) is 11.7. The highest BCUT2D eigenvalue weighted by molar-refractivity contribution is 4.89. The van der Waals surface area contributed by atoms with Crippen molar-refractivity contribution in [1.29, 1.82) is 0 Å². The molecule has 0 amide bonds. The van der Waals surface area contributed by atoms with Crippen LogP contribution in [0.4, 0.5) is 0 Å². The fraction of sp³-hybridized carbons (Fsp3) is 1.00. The average molecular weight is 238 g/mol. The van der Waals surface area contributed by atoms with E-state index in [0.717, 1.165) is 30.5 Å². The minimum absolute atomic E-state index is 0.848. The van der Waals surface area contributed by atoms with Gasteiger partial charge in [0.1, 0.15) is 0 Å². The second kappa shape index (κ2) is 6.19. The van der Waals surface area contributed by atoms with Crippen LogP contribution in [0.15, 0.2) is 0 Å². The van der Waals surface area contributed by atoms with Crippen molar-refractivity contribution in [2.24, 2.45) is 17.6 Å². The molecule has 0 radical (unpaired) electrons. The number of nitrogens with two attached hydrogens (primary N) is 1. The highest BCUT2D eigenvalue weighted by Gasteiger charge is 2.34. The van der Waals surface area contributed by atoms with Gasteiger partial charge in [-0.3, -0.25) is 4.90 Å². The molecule has 2 unspecified atom stereocenters. The lowest BCUT2D eigenvalue weighted by molar-refractivity contribution is 0.0363. The maximum Gasteiger partial charge on any atom is 0.0103 e. The molecule has 2 N–H and O–H groups in total. The SMILES string of the molecule is CC1CC(C)CC(N(CCCN)C2CCC2)C1. The predicted molar refractivity (Wildman–Crippen MR) is 74.0 cm³/mol. The summed E-state index contributed by atoms with van der Waals surface area (Å²) < 4.78 is 0. The summed E-state index contributed by atoms with van der Waals surface area (Å²) in [4.78, 5) is 2.82. The van der Waals surface area contributed by atoms with Crippen LogP contribution in [-0.2, 0) is 0 Å². The number of rotatable bonds is 5. The summed E-state index contributed by atoms with van der Waals surface area (Å²) in [5, 5.41) is 0. The Bertz CT molecular complexity index is 215. The molecular formula is C15H30N2. The van der Waals surface area contributed by atoms with Crippen molar-refractivity contribution in [3.8, 4) is 0 Å².